The highest BCUT2D eigenvalue weighted by atomic mass is 79.9. The molecule has 0 radical (unpaired) electrons. The van der Waals surface area contributed by atoms with Crippen LogP contribution in [0, 0.1) is 0 Å². The number of hydrogen-bond donors (Lipinski definition) is 0. The first kappa shape index (κ1) is 25.6. The summed E-state index contributed by atoms with van der Waals surface area (Å²) in [6.07, 6.45) is 7.63. The fourth-order valence-corrected chi connectivity index (χ4v) is 3.96. The number of benzene rings is 2. The highest BCUT2D eigenvalue weighted by molar-refractivity contribution is 6.08. The van der Waals surface area contributed by atoms with E-state index in [0.29, 0.717) is 0 Å². The Morgan fingerprint density at radius 2 is 1.14 bits per heavy atom. The molecule has 29 heavy (non-hydrogen) atoms. The van der Waals surface area contributed by atoms with Crippen molar-refractivity contribution in [3.63, 3.8) is 0 Å². The van der Waals surface area contributed by atoms with E-state index in [0.717, 1.165) is 17.7 Å². The molecule has 2 aromatic rings. The van der Waals surface area contributed by atoms with Crippen LogP contribution in [0.15, 0.2) is 54.6 Å². The monoisotopic (exact) mass is 459 g/mol. The predicted molar refractivity (Wildman–Crippen MR) is 120 cm³/mol. The van der Waals surface area contributed by atoms with Gasteiger partial charge in [0.1, 0.15) is 6.54 Å². The van der Waals surface area contributed by atoms with Gasteiger partial charge in [-0.05, 0) is 19.3 Å². The quantitative estimate of drug-likeness (QED) is 0.330. The van der Waals surface area contributed by atoms with Gasteiger partial charge in [0.25, 0.3) is 0 Å². The maximum Gasteiger partial charge on any atom is 0.193 e. The highest BCUT2D eigenvalue weighted by Gasteiger charge is 2.26. The van der Waals surface area contributed by atoms with Crippen LogP contribution >= 0.6 is 0 Å². The zero-order valence-corrected chi connectivity index (χ0v) is 20.1. The van der Waals surface area contributed by atoms with Crippen molar-refractivity contribution in [2.24, 2.45) is 0 Å². The number of unbranched alkanes of at least 4 members (excludes halogenated alkanes) is 3. The van der Waals surface area contributed by atoms with E-state index in [1.54, 1.807) is 0 Å². The van der Waals surface area contributed by atoms with Crippen molar-refractivity contribution in [1.29, 1.82) is 0 Å². The molecule has 0 saturated carbocycles. The van der Waals surface area contributed by atoms with Gasteiger partial charge < -0.3 is 21.5 Å². The van der Waals surface area contributed by atoms with Crippen LogP contribution in [0.1, 0.15) is 80.8 Å². The fraction of sp³-hybridized carbons (Fsp3) is 0.500. The molecule has 0 N–H and O–H groups in total. The second-order valence-corrected chi connectivity index (χ2v) is 8.12. The van der Waals surface area contributed by atoms with E-state index < -0.39 is 0 Å². The van der Waals surface area contributed by atoms with Gasteiger partial charge in [0.15, 0.2) is 5.78 Å². The van der Waals surface area contributed by atoms with E-state index in [-0.39, 0.29) is 22.8 Å². The first-order chi connectivity index (χ1) is 13.6. The van der Waals surface area contributed by atoms with E-state index in [1.807, 2.05) is 42.5 Å². The molecule has 0 aliphatic rings. The summed E-state index contributed by atoms with van der Waals surface area (Å²) in [6.45, 7) is 11.7. The van der Waals surface area contributed by atoms with Gasteiger partial charge in [0.2, 0.25) is 0 Å². The van der Waals surface area contributed by atoms with Gasteiger partial charge in [0.05, 0.1) is 19.6 Å². The Labute approximate surface area is 188 Å². The lowest BCUT2D eigenvalue weighted by molar-refractivity contribution is -0.941. The van der Waals surface area contributed by atoms with Crippen LogP contribution in [0.2, 0.25) is 0 Å². The van der Waals surface area contributed by atoms with E-state index in [1.165, 1.54) is 68.2 Å². The van der Waals surface area contributed by atoms with Crippen LogP contribution in [0.25, 0.3) is 0 Å². The van der Waals surface area contributed by atoms with Gasteiger partial charge in [-0.3, -0.25) is 4.79 Å². The average Bonchev–Trinajstić information content (AvgIpc) is 2.75. The third-order valence-electron chi connectivity index (χ3n) is 5.73. The summed E-state index contributed by atoms with van der Waals surface area (Å²) >= 11 is 0. The normalized spacial score (nSPS) is 11.1. The highest BCUT2D eigenvalue weighted by Crippen LogP contribution is 2.21. The van der Waals surface area contributed by atoms with Gasteiger partial charge in [-0.2, -0.15) is 0 Å². The fourth-order valence-electron chi connectivity index (χ4n) is 3.96. The minimum absolute atomic E-state index is 0. The number of carbonyl (C=O) groups is 1. The van der Waals surface area contributed by atoms with Crippen LogP contribution in [-0.2, 0) is 6.54 Å². The molecule has 0 saturated heterocycles. The summed E-state index contributed by atoms with van der Waals surface area (Å²) in [6, 6.07) is 17.9. The molecule has 2 rings (SSSR count). The van der Waals surface area contributed by atoms with Gasteiger partial charge in [0, 0.05) is 16.7 Å². The Bertz CT molecular complexity index is 675. The Morgan fingerprint density at radius 3 is 1.59 bits per heavy atom. The molecule has 0 heterocycles. The molecule has 0 fully saturated rings. The molecule has 0 atom stereocenters. The number of ketones is 1. The number of halogens is 1. The second kappa shape index (κ2) is 13.7. The van der Waals surface area contributed by atoms with Gasteiger partial charge in [-0.1, -0.05) is 94.6 Å². The van der Waals surface area contributed by atoms with E-state index >= 15 is 0 Å². The second-order valence-electron chi connectivity index (χ2n) is 8.12. The van der Waals surface area contributed by atoms with Crippen molar-refractivity contribution in [3.8, 4) is 0 Å². The number of carbonyl (C=O) groups excluding carboxylic acids is 1. The molecule has 2 aromatic carbocycles. The zero-order chi connectivity index (χ0) is 20.2. The summed E-state index contributed by atoms with van der Waals surface area (Å²) < 4.78 is 1.20. The number of nitrogens with zero attached hydrogens (tertiary/aromatic N) is 1. The largest absolute Gasteiger partial charge is 1.00 e. The third-order valence-corrected chi connectivity index (χ3v) is 5.73. The SMILES string of the molecule is CCCC[N+](CCCC)(CCCC)Cc1ccc(C(=O)c2ccccc2)cc1.[Br-]. The smallest absolute Gasteiger partial charge is 0.193 e. The van der Waals surface area contributed by atoms with Crippen molar-refractivity contribution in [2.45, 2.75) is 65.8 Å². The molecule has 2 nitrogen and oxygen atoms in total. The molecule has 160 valence electrons. The Balaban J connectivity index is 0.00000420. The summed E-state index contributed by atoms with van der Waals surface area (Å²) in [7, 11) is 0. The van der Waals surface area contributed by atoms with Crippen LogP contribution in [-0.4, -0.2) is 29.9 Å². The molecular formula is C26H38BrNO. The summed E-state index contributed by atoms with van der Waals surface area (Å²) in [5.74, 6) is 0.107. The first-order valence-corrected chi connectivity index (χ1v) is 11.2. The van der Waals surface area contributed by atoms with E-state index in [4.69, 9.17) is 0 Å². The Hall–Kier alpha value is -1.45. The van der Waals surface area contributed by atoms with Crippen molar-refractivity contribution in [3.05, 3.63) is 71.3 Å². The molecule has 0 aliphatic carbocycles. The summed E-state index contributed by atoms with van der Waals surface area (Å²) in [5, 5.41) is 0. The molecule has 0 bridgehead atoms. The summed E-state index contributed by atoms with van der Waals surface area (Å²) in [4.78, 5) is 12.7. The minimum atomic E-state index is 0. The molecule has 0 spiro atoms. The lowest BCUT2D eigenvalue weighted by Crippen LogP contribution is -3.00. The predicted octanol–water partition coefficient (Wildman–Crippen LogP) is 3.64. The minimum Gasteiger partial charge on any atom is -1.00 e. The molecule has 0 unspecified atom stereocenters. The topological polar surface area (TPSA) is 17.1 Å². The van der Waals surface area contributed by atoms with E-state index in [9.17, 15) is 4.79 Å². The lowest BCUT2D eigenvalue weighted by atomic mass is 10.0. The molecule has 3 heteroatoms. The van der Waals surface area contributed by atoms with Crippen LogP contribution in [0.5, 0.6) is 0 Å². The van der Waals surface area contributed by atoms with Crippen molar-refractivity contribution >= 4 is 5.78 Å². The van der Waals surface area contributed by atoms with Gasteiger partial charge in [-0.15, -0.1) is 0 Å². The first-order valence-electron chi connectivity index (χ1n) is 11.2. The average molecular weight is 460 g/mol. The molecule has 0 amide bonds. The Kier molecular flexibility index (Phi) is 12.1. The van der Waals surface area contributed by atoms with Crippen molar-refractivity contribution < 1.29 is 26.3 Å². The van der Waals surface area contributed by atoms with Crippen LogP contribution in [0.4, 0.5) is 0 Å². The Morgan fingerprint density at radius 1 is 0.690 bits per heavy atom. The lowest BCUT2D eigenvalue weighted by Gasteiger charge is -2.39. The standard InChI is InChI=1S/C26H38NO.BrH/c1-4-7-19-27(20-8-5-2,21-9-6-3)22-23-15-17-25(18-16-23)26(28)24-13-11-10-12-14-24;/h10-18H,4-9,19-22H2,1-3H3;1H/q+1;/p-1. The maximum absolute atomic E-state index is 12.7. The van der Waals surface area contributed by atoms with Gasteiger partial charge in [-0.25, -0.2) is 0 Å². The van der Waals surface area contributed by atoms with Crippen LogP contribution in [0.3, 0.4) is 0 Å². The molecule has 0 aromatic heterocycles. The molecular weight excluding hydrogens is 422 g/mol. The summed E-state index contributed by atoms with van der Waals surface area (Å²) in [5.41, 5.74) is 2.89. The van der Waals surface area contributed by atoms with Gasteiger partial charge >= 0.3 is 0 Å². The van der Waals surface area contributed by atoms with Crippen molar-refractivity contribution in [2.75, 3.05) is 19.6 Å². The molecule has 0 aliphatic heterocycles. The van der Waals surface area contributed by atoms with E-state index in [2.05, 4.69) is 32.9 Å². The number of rotatable bonds is 13. The maximum atomic E-state index is 12.7. The number of hydrogen-bond acceptors (Lipinski definition) is 1. The van der Waals surface area contributed by atoms with Crippen molar-refractivity contribution in [1.82, 2.24) is 0 Å². The number of quaternary nitrogens is 1. The third kappa shape index (κ3) is 8.06. The zero-order valence-electron chi connectivity index (χ0n) is 18.5. The van der Waals surface area contributed by atoms with Crippen LogP contribution < -0.4 is 17.0 Å².